The second-order valence-corrected chi connectivity index (χ2v) is 5.97. The minimum absolute atomic E-state index is 0.0213. The van der Waals surface area contributed by atoms with Crippen molar-refractivity contribution in [3.8, 4) is 0 Å². The third-order valence-corrected chi connectivity index (χ3v) is 4.24. The van der Waals surface area contributed by atoms with Crippen molar-refractivity contribution in [3.05, 3.63) is 51.2 Å². The number of carbonyl (C=O) groups excluding carboxylic acids is 1. The van der Waals surface area contributed by atoms with Crippen LogP contribution in [0.3, 0.4) is 0 Å². The van der Waals surface area contributed by atoms with Gasteiger partial charge >= 0.3 is 0 Å². The lowest BCUT2D eigenvalue weighted by atomic mass is 10.1. The highest BCUT2D eigenvalue weighted by Crippen LogP contribution is 2.24. The van der Waals surface area contributed by atoms with Crippen molar-refractivity contribution in [1.29, 1.82) is 0 Å². The highest BCUT2D eigenvalue weighted by Gasteiger charge is 2.16. The van der Waals surface area contributed by atoms with Crippen molar-refractivity contribution in [2.75, 3.05) is 12.8 Å². The van der Waals surface area contributed by atoms with Crippen LogP contribution in [0.2, 0.25) is 0 Å². The van der Waals surface area contributed by atoms with Crippen LogP contribution in [0.5, 0.6) is 0 Å². The van der Waals surface area contributed by atoms with Gasteiger partial charge in [-0.2, -0.15) is 0 Å². The molecule has 1 heterocycles. The Kier molecular flexibility index (Phi) is 3.90. The summed E-state index contributed by atoms with van der Waals surface area (Å²) >= 11 is 1.45. The van der Waals surface area contributed by atoms with Gasteiger partial charge in [-0.25, -0.2) is 0 Å². The van der Waals surface area contributed by atoms with E-state index in [1.807, 2.05) is 32.2 Å². The highest BCUT2D eigenvalue weighted by atomic mass is 32.1. The molecule has 0 aliphatic rings. The summed E-state index contributed by atoms with van der Waals surface area (Å²) in [6.45, 7) is 4.60. The van der Waals surface area contributed by atoms with Crippen molar-refractivity contribution in [1.82, 2.24) is 4.90 Å². The Hall–Kier alpha value is -1.81. The van der Waals surface area contributed by atoms with E-state index < -0.39 is 0 Å². The van der Waals surface area contributed by atoms with E-state index in [1.165, 1.54) is 22.5 Å². The van der Waals surface area contributed by atoms with Crippen LogP contribution < -0.4 is 5.73 Å². The van der Waals surface area contributed by atoms with Gasteiger partial charge in [0.2, 0.25) is 0 Å². The van der Waals surface area contributed by atoms with Gasteiger partial charge < -0.3 is 10.6 Å². The number of benzene rings is 1. The third-order valence-electron chi connectivity index (χ3n) is 3.18. The predicted octanol–water partition coefficient (Wildman–Crippen LogP) is 3.22. The summed E-state index contributed by atoms with van der Waals surface area (Å²) in [6.07, 6.45) is 0. The van der Waals surface area contributed by atoms with Crippen LogP contribution in [-0.4, -0.2) is 17.9 Å². The molecule has 0 radical (unpaired) electrons. The molecule has 0 atom stereocenters. The third kappa shape index (κ3) is 2.96. The Labute approximate surface area is 117 Å². The van der Waals surface area contributed by atoms with Gasteiger partial charge in [0, 0.05) is 24.2 Å². The molecule has 4 heteroatoms. The molecule has 1 aromatic carbocycles. The van der Waals surface area contributed by atoms with Crippen molar-refractivity contribution in [2.45, 2.75) is 20.4 Å². The summed E-state index contributed by atoms with van der Waals surface area (Å²) in [5, 5.41) is 0. The number of nitrogens with two attached hydrogens (primary N) is 1. The van der Waals surface area contributed by atoms with E-state index in [-0.39, 0.29) is 5.91 Å². The number of rotatable bonds is 3. The van der Waals surface area contributed by atoms with Gasteiger partial charge in [-0.05, 0) is 31.0 Å². The lowest BCUT2D eigenvalue weighted by molar-refractivity contribution is 0.0789. The van der Waals surface area contributed by atoms with E-state index in [4.69, 9.17) is 5.73 Å². The quantitative estimate of drug-likeness (QED) is 0.934. The number of aryl methyl sites for hydroxylation is 2. The molecule has 0 fully saturated rings. The lowest BCUT2D eigenvalue weighted by Gasteiger charge is -2.17. The predicted molar refractivity (Wildman–Crippen MR) is 80.4 cm³/mol. The minimum atomic E-state index is 0.0213. The molecule has 2 N–H and O–H groups in total. The van der Waals surface area contributed by atoms with Crippen LogP contribution in [0.15, 0.2) is 30.3 Å². The van der Waals surface area contributed by atoms with E-state index in [0.29, 0.717) is 17.1 Å². The number of hydrogen-bond donors (Lipinski definition) is 1. The molecular weight excluding hydrogens is 256 g/mol. The zero-order valence-electron chi connectivity index (χ0n) is 11.4. The smallest absolute Gasteiger partial charge is 0.264 e. The average molecular weight is 274 g/mol. The second-order valence-electron chi connectivity index (χ2n) is 4.71. The Morgan fingerprint density at radius 3 is 2.58 bits per heavy atom. The Bertz CT molecular complexity index is 584. The molecule has 0 spiro atoms. The summed E-state index contributed by atoms with van der Waals surface area (Å²) in [6, 6.07) is 9.86. The Balaban J connectivity index is 2.14. The van der Waals surface area contributed by atoms with Gasteiger partial charge in [0.05, 0.1) is 4.88 Å². The first-order valence-electron chi connectivity index (χ1n) is 6.15. The van der Waals surface area contributed by atoms with Crippen LogP contribution in [0.4, 0.5) is 5.69 Å². The largest absolute Gasteiger partial charge is 0.398 e. The zero-order valence-corrected chi connectivity index (χ0v) is 12.3. The van der Waals surface area contributed by atoms with Crippen LogP contribution in [0, 0.1) is 13.8 Å². The lowest BCUT2D eigenvalue weighted by Crippen LogP contribution is -2.25. The van der Waals surface area contributed by atoms with E-state index in [0.717, 1.165) is 4.88 Å². The normalized spacial score (nSPS) is 10.5. The second kappa shape index (κ2) is 5.45. The summed E-state index contributed by atoms with van der Waals surface area (Å²) in [5.41, 5.74) is 8.85. The van der Waals surface area contributed by atoms with Crippen LogP contribution >= 0.6 is 11.3 Å². The van der Waals surface area contributed by atoms with Gasteiger partial charge in [0.15, 0.2) is 0 Å². The maximum absolute atomic E-state index is 12.3. The summed E-state index contributed by atoms with van der Waals surface area (Å²) in [7, 11) is 1.82. The molecule has 0 aliphatic heterocycles. The van der Waals surface area contributed by atoms with Gasteiger partial charge in [-0.3, -0.25) is 4.79 Å². The number of thiophene rings is 1. The topological polar surface area (TPSA) is 46.3 Å². The SMILES string of the molecule is Cc1ccccc1CN(C)C(=O)c1cc(N)c(C)s1. The molecule has 0 aliphatic carbocycles. The van der Waals surface area contributed by atoms with Crippen molar-refractivity contribution < 1.29 is 4.79 Å². The highest BCUT2D eigenvalue weighted by molar-refractivity contribution is 7.14. The van der Waals surface area contributed by atoms with E-state index >= 15 is 0 Å². The Morgan fingerprint density at radius 1 is 1.32 bits per heavy atom. The van der Waals surface area contributed by atoms with E-state index in [9.17, 15) is 4.79 Å². The number of carbonyl (C=O) groups is 1. The maximum atomic E-state index is 12.3. The molecule has 19 heavy (non-hydrogen) atoms. The van der Waals surface area contributed by atoms with Crippen molar-refractivity contribution in [2.24, 2.45) is 0 Å². The fourth-order valence-electron chi connectivity index (χ4n) is 1.90. The van der Waals surface area contributed by atoms with E-state index in [2.05, 4.69) is 13.0 Å². The first-order chi connectivity index (χ1) is 8.99. The van der Waals surface area contributed by atoms with Gasteiger partial charge in [-0.15, -0.1) is 11.3 Å². The minimum Gasteiger partial charge on any atom is -0.398 e. The summed E-state index contributed by atoms with van der Waals surface area (Å²) < 4.78 is 0. The number of nitrogens with zero attached hydrogens (tertiary/aromatic N) is 1. The van der Waals surface area contributed by atoms with E-state index in [1.54, 1.807) is 11.0 Å². The zero-order chi connectivity index (χ0) is 14.0. The van der Waals surface area contributed by atoms with Gasteiger partial charge in [0.25, 0.3) is 5.91 Å². The van der Waals surface area contributed by atoms with Gasteiger partial charge in [0.1, 0.15) is 0 Å². The first kappa shape index (κ1) is 13.6. The van der Waals surface area contributed by atoms with Crippen molar-refractivity contribution >= 4 is 22.9 Å². The average Bonchev–Trinajstić information content (AvgIpc) is 2.71. The number of hydrogen-bond acceptors (Lipinski definition) is 3. The van der Waals surface area contributed by atoms with Crippen LogP contribution in [-0.2, 0) is 6.54 Å². The molecule has 0 bridgehead atoms. The molecule has 2 rings (SSSR count). The molecule has 0 unspecified atom stereocenters. The molecule has 100 valence electrons. The monoisotopic (exact) mass is 274 g/mol. The molecule has 0 saturated carbocycles. The fourth-order valence-corrected chi connectivity index (χ4v) is 2.84. The summed E-state index contributed by atoms with van der Waals surface area (Å²) in [5.74, 6) is 0.0213. The molecule has 0 saturated heterocycles. The Morgan fingerprint density at radius 2 is 2.00 bits per heavy atom. The molecule has 1 amide bonds. The van der Waals surface area contributed by atoms with Crippen LogP contribution in [0.1, 0.15) is 25.7 Å². The summed E-state index contributed by atoms with van der Waals surface area (Å²) in [4.78, 5) is 15.7. The standard InChI is InChI=1S/C15H18N2OS/c1-10-6-4-5-7-12(10)9-17(3)15(18)14-8-13(16)11(2)19-14/h4-8H,9,16H2,1-3H3. The first-order valence-corrected chi connectivity index (χ1v) is 6.96. The fraction of sp³-hybridized carbons (Fsp3) is 0.267. The number of nitrogen functional groups attached to an aromatic ring is 1. The molecule has 1 aromatic heterocycles. The maximum Gasteiger partial charge on any atom is 0.264 e. The molecule has 2 aromatic rings. The molecule has 3 nitrogen and oxygen atoms in total. The number of anilines is 1. The van der Waals surface area contributed by atoms with Gasteiger partial charge in [-0.1, -0.05) is 24.3 Å². The molecular formula is C15H18N2OS. The number of amides is 1. The van der Waals surface area contributed by atoms with Crippen LogP contribution in [0.25, 0.3) is 0 Å². The van der Waals surface area contributed by atoms with Crippen molar-refractivity contribution in [3.63, 3.8) is 0 Å².